The maximum atomic E-state index is 16.1. The summed E-state index contributed by atoms with van der Waals surface area (Å²) in [4.78, 5) is 24.4. The van der Waals surface area contributed by atoms with Crippen LogP contribution in [0.25, 0.3) is 33.4 Å². The zero-order valence-corrected chi connectivity index (χ0v) is 39.7. The Hall–Kier alpha value is -5.05. The highest BCUT2D eigenvalue weighted by molar-refractivity contribution is 5.87. The van der Waals surface area contributed by atoms with Gasteiger partial charge in [0.15, 0.2) is 0 Å². The van der Waals surface area contributed by atoms with Crippen molar-refractivity contribution in [2.24, 2.45) is 11.3 Å². The number of rotatable bonds is 25. The molecular formula is C57H73FO7. The molecule has 2 N–H and O–H groups in total. The molecule has 4 aromatic rings. The fourth-order valence-electron chi connectivity index (χ4n) is 8.86. The van der Waals surface area contributed by atoms with Crippen LogP contribution in [-0.4, -0.2) is 55.2 Å². The second-order valence-corrected chi connectivity index (χ2v) is 18.6. The minimum absolute atomic E-state index is 0.189. The average Bonchev–Trinajstić information content (AvgIpc) is 3.32. The Kier molecular flexibility index (Phi) is 19.6. The molecule has 350 valence electrons. The number of unbranched alkanes of at least 4 members (excludes halogenated alkanes) is 2. The summed E-state index contributed by atoms with van der Waals surface area (Å²) >= 11 is 0. The molecule has 0 bridgehead atoms. The monoisotopic (exact) mass is 889 g/mol. The number of aliphatic hydroxyl groups is 2. The van der Waals surface area contributed by atoms with Crippen molar-refractivity contribution in [2.45, 2.75) is 130 Å². The molecule has 0 atom stereocenters. The molecule has 5 rings (SSSR count). The predicted molar refractivity (Wildman–Crippen MR) is 262 cm³/mol. The molecule has 0 radical (unpaired) electrons. The van der Waals surface area contributed by atoms with Gasteiger partial charge in [-0.1, -0.05) is 114 Å². The molecule has 0 unspecified atom stereocenters. The lowest BCUT2D eigenvalue weighted by Crippen LogP contribution is -2.28. The molecule has 0 aromatic heterocycles. The van der Waals surface area contributed by atoms with E-state index in [2.05, 4.69) is 75.5 Å². The smallest absolute Gasteiger partial charge is 0.333 e. The zero-order chi connectivity index (χ0) is 46.9. The van der Waals surface area contributed by atoms with Crippen LogP contribution < -0.4 is 4.74 Å². The molecule has 7 nitrogen and oxygen atoms in total. The largest absolute Gasteiger partial charge is 0.493 e. The van der Waals surface area contributed by atoms with Crippen LogP contribution in [0, 0.1) is 17.2 Å². The molecule has 4 aromatic carbocycles. The summed E-state index contributed by atoms with van der Waals surface area (Å²) in [5.74, 6) is 1.000. The molecule has 0 spiro atoms. The molecule has 0 amide bonds. The Morgan fingerprint density at radius 2 is 1.23 bits per heavy atom. The third-order valence-corrected chi connectivity index (χ3v) is 13.2. The number of carbonyl (C=O) groups excluding carboxylic acids is 2. The lowest BCUT2D eigenvalue weighted by molar-refractivity contribution is -0.139. The second kappa shape index (κ2) is 25.0. The van der Waals surface area contributed by atoms with Crippen LogP contribution in [0.2, 0.25) is 0 Å². The normalized spacial score (nSPS) is 15.1. The molecule has 1 aliphatic carbocycles. The first-order chi connectivity index (χ1) is 31.3. The van der Waals surface area contributed by atoms with Gasteiger partial charge in [-0.15, -0.1) is 0 Å². The lowest BCUT2D eigenvalue weighted by Gasteiger charge is -2.29. The Balaban J connectivity index is 1.41. The van der Waals surface area contributed by atoms with Gasteiger partial charge in [0.2, 0.25) is 0 Å². The van der Waals surface area contributed by atoms with Crippen molar-refractivity contribution in [3.8, 4) is 39.1 Å². The van der Waals surface area contributed by atoms with Gasteiger partial charge in [0.1, 0.15) is 11.6 Å². The van der Waals surface area contributed by atoms with E-state index in [4.69, 9.17) is 14.2 Å². The van der Waals surface area contributed by atoms with Gasteiger partial charge in [-0.05, 0) is 158 Å². The first kappa shape index (κ1) is 50.9. The third kappa shape index (κ3) is 14.5. The highest BCUT2D eigenvalue weighted by Crippen LogP contribution is 2.40. The predicted octanol–water partition coefficient (Wildman–Crippen LogP) is 13.1. The van der Waals surface area contributed by atoms with Crippen LogP contribution in [0.5, 0.6) is 5.75 Å². The van der Waals surface area contributed by atoms with Gasteiger partial charge in [-0.3, -0.25) is 0 Å². The SMILES string of the molecule is C=C(C)C(=O)OCCCc1cc(-c2ccc(-c3ccc(-c4ccc(C5CCC(CCCCC)CC5)cc4)cc3F)cc2CC)cc(CCCOC(=O)C(=C)C)c1OCCC(C)(CO)CO. The Labute approximate surface area is 388 Å². The first-order valence-electron chi connectivity index (χ1n) is 24.0. The molecule has 0 aliphatic heterocycles. The maximum absolute atomic E-state index is 16.1. The van der Waals surface area contributed by atoms with E-state index in [1.807, 2.05) is 25.1 Å². The van der Waals surface area contributed by atoms with E-state index >= 15 is 4.39 Å². The maximum Gasteiger partial charge on any atom is 0.333 e. The van der Waals surface area contributed by atoms with Crippen molar-refractivity contribution >= 4 is 11.9 Å². The van der Waals surface area contributed by atoms with Gasteiger partial charge in [-0.2, -0.15) is 0 Å². The van der Waals surface area contributed by atoms with E-state index in [9.17, 15) is 19.8 Å². The van der Waals surface area contributed by atoms with Crippen molar-refractivity contribution < 1.29 is 38.4 Å². The van der Waals surface area contributed by atoms with Crippen molar-refractivity contribution in [2.75, 3.05) is 33.0 Å². The summed E-state index contributed by atoms with van der Waals surface area (Å²) in [5.41, 5.74) is 9.36. The summed E-state index contributed by atoms with van der Waals surface area (Å²) in [6.45, 7) is 17.0. The summed E-state index contributed by atoms with van der Waals surface area (Å²) in [6, 6.07) is 24.6. The van der Waals surface area contributed by atoms with E-state index in [-0.39, 0.29) is 38.9 Å². The minimum atomic E-state index is -0.719. The molecule has 1 fully saturated rings. The van der Waals surface area contributed by atoms with Gasteiger partial charge >= 0.3 is 11.9 Å². The van der Waals surface area contributed by atoms with Gasteiger partial charge in [0.05, 0.1) is 33.0 Å². The fraction of sp³-hybridized carbons (Fsp3) is 0.474. The van der Waals surface area contributed by atoms with Crippen molar-refractivity contribution in [3.63, 3.8) is 0 Å². The number of aliphatic hydroxyl groups excluding tert-OH is 2. The summed E-state index contributed by atoms with van der Waals surface area (Å²) in [5, 5.41) is 19.9. The van der Waals surface area contributed by atoms with Crippen molar-refractivity contribution in [1.29, 1.82) is 0 Å². The average molecular weight is 889 g/mol. The topological polar surface area (TPSA) is 102 Å². The van der Waals surface area contributed by atoms with Gasteiger partial charge < -0.3 is 24.4 Å². The minimum Gasteiger partial charge on any atom is -0.493 e. The molecule has 8 heteroatoms. The summed E-state index contributed by atoms with van der Waals surface area (Å²) < 4.78 is 33.5. The Morgan fingerprint density at radius 3 is 1.77 bits per heavy atom. The summed E-state index contributed by atoms with van der Waals surface area (Å²) in [7, 11) is 0. The zero-order valence-electron chi connectivity index (χ0n) is 39.7. The van der Waals surface area contributed by atoms with E-state index in [1.54, 1.807) is 19.9 Å². The van der Waals surface area contributed by atoms with Crippen LogP contribution >= 0.6 is 0 Å². The molecule has 0 heterocycles. The van der Waals surface area contributed by atoms with Crippen LogP contribution in [0.1, 0.15) is 133 Å². The van der Waals surface area contributed by atoms with Crippen molar-refractivity contribution in [1.82, 2.24) is 0 Å². The number of benzene rings is 4. The van der Waals surface area contributed by atoms with E-state index in [0.29, 0.717) is 66.9 Å². The summed E-state index contributed by atoms with van der Waals surface area (Å²) in [6.07, 6.45) is 13.7. The number of halogens is 1. The van der Waals surface area contributed by atoms with Gasteiger partial charge in [0, 0.05) is 22.1 Å². The number of ether oxygens (including phenoxy) is 3. The quantitative estimate of drug-likeness (QED) is 0.0388. The number of carbonyl (C=O) groups is 2. The van der Waals surface area contributed by atoms with Crippen LogP contribution in [0.15, 0.2) is 97.1 Å². The number of esters is 2. The number of aryl methyl sites for hydroxylation is 3. The van der Waals surface area contributed by atoms with Crippen LogP contribution in [-0.2, 0) is 38.3 Å². The fourth-order valence-corrected chi connectivity index (χ4v) is 8.86. The molecule has 1 aliphatic rings. The van der Waals surface area contributed by atoms with Crippen LogP contribution in [0.3, 0.4) is 0 Å². The van der Waals surface area contributed by atoms with Crippen molar-refractivity contribution in [3.05, 3.63) is 125 Å². The van der Waals surface area contributed by atoms with E-state index in [0.717, 1.165) is 50.4 Å². The Morgan fingerprint density at radius 1 is 0.677 bits per heavy atom. The standard InChI is InChI=1S/C57H73FO7/c1-8-10-11-14-41-17-19-43(20-18-41)44-21-23-45(24-22-44)46-25-28-52(53(58)36-46)47-26-27-51(42(9-2)33-47)50-34-48(15-12-30-64-55(61)39(3)4)54(63-32-29-57(7,37-59)38-60)49(35-50)16-13-31-65-56(62)40(5)6/h21-28,33-36,41,43,59-60H,3,5,8-20,29-32,37-38H2,1-2,4,6-7H3. The highest BCUT2D eigenvalue weighted by atomic mass is 19.1. The van der Waals surface area contributed by atoms with E-state index < -0.39 is 17.4 Å². The van der Waals surface area contributed by atoms with Crippen LogP contribution in [0.4, 0.5) is 4.39 Å². The molecule has 1 saturated carbocycles. The Bertz CT molecular complexity index is 2160. The van der Waals surface area contributed by atoms with E-state index in [1.165, 1.54) is 56.9 Å². The molecule has 0 saturated heterocycles. The highest BCUT2D eigenvalue weighted by Gasteiger charge is 2.25. The first-order valence-corrected chi connectivity index (χ1v) is 24.0. The van der Waals surface area contributed by atoms with Gasteiger partial charge in [-0.25, -0.2) is 14.0 Å². The molecule has 65 heavy (non-hydrogen) atoms. The molecular weight excluding hydrogens is 816 g/mol. The number of hydrogen-bond acceptors (Lipinski definition) is 7. The number of hydrogen-bond donors (Lipinski definition) is 2. The lowest BCUT2D eigenvalue weighted by atomic mass is 9.77. The second-order valence-electron chi connectivity index (χ2n) is 18.6. The van der Waals surface area contributed by atoms with Gasteiger partial charge in [0.25, 0.3) is 0 Å². The third-order valence-electron chi connectivity index (χ3n) is 13.2.